The highest BCUT2D eigenvalue weighted by Crippen LogP contribution is 2.23. The smallest absolute Gasteiger partial charge is 0.234 e. The second-order valence-corrected chi connectivity index (χ2v) is 4.69. The molecule has 1 atom stereocenters. The average molecular weight is 272 g/mol. The molecule has 3 nitrogen and oxygen atoms in total. The number of rotatable bonds is 5. The highest BCUT2D eigenvalue weighted by atomic mass is 19.1. The molecule has 0 saturated carbocycles. The molecular weight excluding hydrogens is 255 g/mol. The Morgan fingerprint density at radius 1 is 1.25 bits per heavy atom. The molecule has 0 spiro atoms. The van der Waals surface area contributed by atoms with E-state index >= 15 is 0 Å². The fourth-order valence-corrected chi connectivity index (χ4v) is 1.89. The average Bonchev–Trinajstić information content (AvgIpc) is 2.45. The van der Waals surface area contributed by atoms with Gasteiger partial charge in [-0.25, -0.2) is 4.39 Å². The second-order valence-electron chi connectivity index (χ2n) is 4.69. The number of hydrogen-bond donors (Lipinski definition) is 2. The number of primary amides is 1. The summed E-state index contributed by atoms with van der Waals surface area (Å²) in [6, 6.07) is 14.0. The first kappa shape index (κ1) is 14.2. The molecule has 4 heteroatoms. The van der Waals surface area contributed by atoms with Gasteiger partial charge in [0.25, 0.3) is 0 Å². The van der Waals surface area contributed by atoms with Gasteiger partial charge in [-0.05, 0) is 24.1 Å². The van der Waals surface area contributed by atoms with Gasteiger partial charge in [-0.2, -0.15) is 0 Å². The van der Waals surface area contributed by atoms with Crippen LogP contribution in [-0.4, -0.2) is 11.9 Å². The Morgan fingerprint density at radius 3 is 2.55 bits per heavy atom. The van der Waals surface area contributed by atoms with Crippen LogP contribution in [0.3, 0.4) is 0 Å². The summed E-state index contributed by atoms with van der Waals surface area (Å²) in [5, 5.41) is 2.94. The zero-order valence-electron chi connectivity index (χ0n) is 11.3. The Balaban J connectivity index is 2.12. The molecule has 3 N–H and O–H groups in total. The fourth-order valence-electron chi connectivity index (χ4n) is 1.89. The van der Waals surface area contributed by atoms with Crippen LogP contribution < -0.4 is 11.1 Å². The molecule has 2 rings (SSSR count). The van der Waals surface area contributed by atoms with Gasteiger partial charge in [0, 0.05) is 12.1 Å². The van der Waals surface area contributed by atoms with Crippen LogP contribution in [0.25, 0.3) is 11.1 Å². The second kappa shape index (κ2) is 6.30. The van der Waals surface area contributed by atoms with E-state index in [2.05, 4.69) is 5.32 Å². The van der Waals surface area contributed by atoms with Gasteiger partial charge in [-0.1, -0.05) is 42.5 Å². The number of nitrogens with two attached hydrogens (primary N) is 1. The van der Waals surface area contributed by atoms with Crippen molar-refractivity contribution in [2.24, 2.45) is 5.73 Å². The van der Waals surface area contributed by atoms with E-state index in [0.717, 1.165) is 11.1 Å². The summed E-state index contributed by atoms with van der Waals surface area (Å²) in [5.74, 6) is -0.700. The number of hydrogen-bond acceptors (Lipinski definition) is 2. The molecule has 2 aromatic rings. The lowest BCUT2D eigenvalue weighted by atomic mass is 10.0. The molecule has 1 amide bonds. The highest BCUT2D eigenvalue weighted by molar-refractivity contribution is 5.79. The normalized spacial score (nSPS) is 12.1. The number of halogens is 1. The van der Waals surface area contributed by atoms with Crippen molar-refractivity contribution < 1.29 is 9.18 Å². The topological polar surface area (TPSA) is 55.1 Å². The maximum atomic E-state index is 14.1. The third-order valence-electron chi connectivity index (χ3n) is 3.16. The van der Waals surface area contributed by atoms with Gasteiger partial charge in [0.05, 0.1) is 6.04 Å². The van der Waals surface area contributed by atoms with Crippen molar-refractivity contribution in [1.29, 1.82) is 0 Å². The monoisotopic (exact) mass is 272 g/mol. The summed E-state index contributed by atoms with van der Waals surface area (Å²) in [5.41, 5.74) is 7.34. The molecule has 0 saturated heterocycles. The van der Waals surface area contributed by atoms with Gasteiger partial charge in [-0.3, -0.25) is 4.79 Å². The summed E-state index contributed by atoms with van der Waals surface area (Å²) in [6.07, 6.45) is 0. The molecule has 104 valence electrons. The van der Waals surface area contributed by atoms with Crippen LogP contribution >= 0.6 is 0 Å². The van der Waals surface area contributed by atoms with Crippen LogP contribution in [0.15, 0.2) is 48.5 Å². The Labute approximate surface area is 117 Å². The molecule has 0 unspecified atom stereocenters. The number of carbonyl (C=O) groups is 1. The van der Waals surface area contributed by atoms with Gasteiger partial charge < -0.3 is 11.1 Å². The van der Waals surface area contributed by atoms with Crippen LogP contribution in [0.1, 0.15) is 12.5 Å². The summed E-state index contributed by atoms with van der Waals surface area (Å²) < 4.78 is 14.1. The Hall–Kier alpha value is -2.20. The van der Waals surface area contributed by atoms with Crippen molar-refractivity contribution >= 4 is 5.91 Å². The van der Waals surface area contributed by atoms with Gasteiger partial charge >= 0.3 is 0 Å². The first-order valence-electron chi connectivity index (χ1n) is 6.44. The van der Waals surface area contributed by atoms with Crippen LogP contribution in [0, 0.1) is 5.82 Å². The van der Waals surface area contributed by atoms with Gasteiger partial charge in [-0.15, -0.1) is 0 Å². The molecule has 0 radical (unpaired) electrons. The van der Waals surface area contributed by atoms with E-state index in [1.165, 1.54) is 6.07 Å². The molecule has 20 heavy (non-hydrogen) atoms. The van der Waals surface area contributed by atoms with E-state index in [1.807, 2.05) is 36.4 Å². The summed E-state index contributed by atoms with van der Waals surface area (Å²) >= 11 is 0. The summed E-state index contributed by atoms with van der Waals surface area (Å²) in [4.78, 5) is 10.9. The van der Waals surface area contributed by atoms with Crippen LogP contribution in [0.5, 0.6) is 0 Å². The van der Waals surface area contributed by atoms with Crippen LogP contribution in [0.2, 0.25) is 0 Å². The van der Waals surface area contributed by atoms with E-state index in [-0.39, 0.29) is 5.82 Å². The molecule has 0 heterocycles. The lowest BCUT2D eigenvalue weighted by Crippen LogP contribution is -2.38. The third-order valence-corrected chi connectivity index (χ3v) is 3.16. The minimum atomic E-state index is -0.438. The predicted molar refractivity (Wildman–Crippen MR) is 77.3 cm³/mol. The number of carbonyl (C=O) groups excluding carboxylic acids is 1. The Bertz CT molecular complexity index is 599. The zero-order valence-corrected chi connectivity index (χ0v) is 11.3. The van der Waals surface area contributed by atoms with Gasteiger partial charge in [0.1, 0.15) is 5.82 Å². The van der Waals surface area contributed by atoms with Crippen molar-refractivity contribution in [2.75, 3.05) is 0 Å². The minimum absolute atomic E-state index is 0.276. The van der Waals surface area contributed by atoms with Crippen molar-refractivity contribution in [2.45, 2.75) is 19.5 Å². The third kappa shape index (κ3) is 3.42. The zero-order chi connectivity index (χ0) is 14.5. The molecule has 0 fully saturated rings. The largest absolute Gasteiger partial charge is 0.368 e. The molecule has 0 aliphatic carbocycles. The van der Waals surface area contributed by atoms with Crippen molar-refractivity contribution in [3.63, 3.8) is 0 Å². The lowest BCUT2D eigenvalue weighted by molar-refractivity contribution is -0.119. The highest BCUT2D eigenvalue weighted by Gasteiger charge is 2.09. The number of amides is 1. The van der Waals surface area contributed by atoms with Crippen molar-refractivity contribution in [3.05, 3.63) is 59.9 Å². The fraction of sp³-hybridized carbons (Fsp3) is 0.188. The van der Waals surface area contributed by atoms with E-state index in [1.54, 1.807) is 13.0 Å². The minimum Gasteiger partial charge on any atom is -0.368 e. The standard InChI is InChI=1S/C16H17FN2O/c1-11(16(18)20)19-10-12-7-8-14(15(17)9-12)13-5-3-2-4-6-13/h2-9,11,19H,10H2,1H3,(H2,18,20)/t11-/m0/s1. The first-order chi connectivity index (χ1) is 9.58. The molecule has 0 bridgehead atoms. The van der Waals surface area contributed by atoms with Crippen LogP contribution in [0.4, 0.5) is 4.39 Å². The summed E-state index contributed by atoms with van der Waals surface area (Å²) in [7, 11) is 0. The maximum Gasteiger partial charge on any atom is 0.234 e. The SMILES string of the molecule is C[C@H](NCc1ccc(-c2ccccc2)c(F)c1)C(N)=O. The van der Waals surface area contributed by atoms with Crippen LogP contribution in [-0.2, 0) is 11.3 Å². The number of benzene rings is 2. The Morgan fingerprint density at radius 2 is 1.95 bits per heavy atom. The quantitative estimate of drug-likeness (QED) is 0.878. The molecule has 0 aromatic heterocycles. The first-order valence-corrected chi connectivity index (χ1v) is 6.44. The van der Waals surface area contributed by atoms with Gasteiger partial charge in [0.2, 0.25) is 5.91 Å². The van der Waals surface area contributed by atoms with Gasteiger partial charge in [0.15, 0.2) is 0 Å². The van der Waals surface area contributed by atoms with E-state index in [9.17, 15) is 9.18 Å². The summed E-state index contributed by atoms with van der Waals surface area (Å²) in [6.45, 7) is 2.08. The Kier molecular flexibility index (Phi) is 4.48. The number of nitrogens with one attached hydrogen (secondary N) is 1. The van der Waals surface area contributed by atoms with E-state index in [4.69, 9.17) is 5.73 Å². The lowest BCUT2D eigenvalue weighted by Gasteiger charge is -2.11. The molecule has 0 aliphatic rings. The van der Waals surface area contributed by atoms with Crippen molar-refractivity contribution in [3.8, 4) is 11.1 Å². The molecule has 2 aromatic carbocycles. The van der Waals surface area contributed by atoms with E-state index in [0.29, 0.717) is 12.1 Å². The molecular formula is C16H17FN2O. The molecule has 0 aliphatic heterocycles. The predicted octanol–water partition coefficient (Wildman–Crippen LogP) is 2.46. The van der Waals surface area contributed by atoms with E-state index < -0.39 is 11.9 Å². The maximum absolute atomic E-state index is 14.1. The van der Waals surface area contributed by atoms with Crippen molar-refractivity contribution in [1.82, 2.24) is 5.32 Å².